The van der Waals surface area contributed by atoms with Gasteiger partial charge in [-0.2, -0.15) is 5.26 Å². The maximum absolute atomic E-state index is 13.2. The van der Waals surface area contributed by atoms with E-state index in [4.69, 9.17) is 5.26 Å². The van der Waals surface area contributed by atoms with E-state index in [1.54, 1.807) is 6.07 Å². The lowest BCUT2D eigenvalue weighted by Crippen LogP contribution is -1.93. The summed E-state index contributed by atoms with van der Waals surface area (Å²) in [5, 5.41) is 8.43. The Morgan fingerprint density at radius 2 is 1.92 bits per heavy atom. The SMILES string of the molecule is N#Cc1cc(F)c(C2CC2)cc1F. The van der Waals surface area contributed by atoms with Crippen LogP contribution >= 0.6 is 0 Å². The second-order valence-corrected chi connectivity index (χ2v) is 3.24. The van der Waals surface area contributed by atoms with Crippen molar-refractivity contribution in [2.24, 2.45) is 0 Å². The molecule has 3 heteroatoms. The molecule has 0 unspecified atom stereocenters. The first-order chi connectivity index (χ1) is 6.22. The molecule has 13 heavy (non-hydrogen) atoms. The third-order valence-corrected chi connectivity index (χ3v) is 2.22. The highest BCUT2D eigenvalue weighted by molar-refractivity contribution is 5.37. The van der Waals surface area contributed by atoms with Crippen molar-refractivity contribution in [2.75, 3.05) is 0 Å². The van der Waals surface area contributed by atoms with E-state index < -0.39 is 11.6 Å². The topological polar surface area (TPSA) is 23.8 Å². The van der Waals surface area contributed by atoms with Gasteiger partial charge >= 0.3 is 0 Å². The summed E-state index contributed by atoms with van der Waals surface area (Å²) < 4.78 is 26.2. The van der Waals surface area contributed by atoms with Gasteiger partial charge in [-0.1, -0.05) is 0 Å². The van der Waals surface area contributed by atoms with E-state index in [1.165, 1.54) is 0 Å². The van der Waals surface area contributed by atoms with Crippen LogP contribution in [0.2, 0.25) is 0 Å². The van der Waals surface area contributed by atoms with Crippen LogP contribution in [0.15, 0.2) is 12.1 Å². The third-order valence-electron chi connectivity index (χ3n) is 2.22. The number of rotatable bonds is 1. The normalized spacial score (nSPS) is 15.5. The lowest BCUT2D eigenvalue weighted by molar-refractivity contribution is 0.583. The summed E-state index contributed by atoms with van der Waals surface area (Å²) in [5.41, 5.74) is 0.193. The summed E-state index contributed by atoms with van der Waals surface area (Å²) in [6.07, 6.45) is 1.84. The number of nitriles is 1. The average molecular weight is 179 g/mol. The lowest BCUT2D eigenvalue weighted by Gasteiger charge is -2.01. The lowest BCUT2D eigenvalue weighted by atomic mass is 10.1. The third kappa shape index (κ3) is 1.40. The Hall–Kier alpha value is -1.43. The van der Waals surface area contributed by atoms with Crippen LogP contribution < -0.4 is 0 Å². The Kier molecular flexibility index (Phi) is 1.77. The molecule has 66 valence electrons. The molecule has 1 fully saturated rings. The molecule has 0 amide bonds. The van der Waals surface area contributed by atoms with Crippen molar-refractivity contribution >= 4 is 0 Å². The van der Waals surface area contributed by atoms with Gasteiger partial charge in [-0.15, -0.1) is 0 Å². The molecule has 1 aliphatic carbocycles. The Morgan fingerprint density at radius 1 is 1.23 bits per heavy atom. The van der Waals surface area contributed by atoms with Crippen molar-refractivity contribution in [1.29, 1.82) is 5.26 Å². The molecule has 0 aliphatic heterocycles. The summed E-state index contributed by atoms with van der Waals surface area (Å²) in [6, 6.07) is 3.73. The van der Waals surface area contributed by atoms with Crippen molar-refractivity contribution in [3.05, 3.63) is 34.9 Å². The summed E-state index contributed by atoms with van der Waals surface area (Å²) in [5.74, 6) is -0.909. The Balaban J connectivity index is 2.50. The minimum Gasteiger partial charge on any atom is -0.207 e. The average Bonchev–Trinajstić information content (AvgIpc) is 2.91. The molecule has 1 aromatic rings. The van der Waals surface area contributed by atoms with Gasteiger partial charge in [-0.05, 0) is 36.5 Å². The smallest absolute Gasteiger partial charge is 0.141 e. The van der Waals surface area contributed by atoms with Crippen molar-refractivity contribution in [3.63, 3.8) is 0 Å². The van der Waals surface area contributed by atoms with Gasteiger partial charge in [0.1, 0.15) is 17.7 Å². The number of hydrogen-bond acceptors (Lipinski definition) is 1. The monoisotopic (exact) mass is 179 g/mol. The fourth-order valence-electron chi connectivity index (χ4n) is 1.36. The van der Waals surface area contributed by atoms with Crippen molar-refractivity contribution in [2.45, 2.75) is 18.8 Å². The van der Waals surface area contributed by atoms with Gasteiger partial charge in [0, 0.05) is 0 Å². The zero-order valence-corrected chi connectivity index (χ0v) is 6.85. The summed E-state index contributed by atoms with van der Waals surface area (Å²) in [4.78, 5) is 0. The molecular weight excluding hydrogens is 172 g/mol. The quantitative estimate of drug-likeness (QED) is 0.650. The molecule has 0 aromatic heterocycles. The molecule has 0 heterocycles. The van der Waals surface area contributed by atoms with Gasteiger partial charge in [0.25, 0.3) is 0 Å². The number of benzene rings is 1. The first-order valence-corrected chi connectivity index (χ1v) is 4.11. The van der Waals surface area contributed by atoms with Gasteiger partial charge in [-0.25, -0.2) is 8.78 Å². The first kappa shape index (κ1) is 8.18. The molecule has 0 N–H and O–H groups in total. The fourth-order valence-corrected chi connectivity index (χ4v) is 1.36. The Bertz CT molecular complexity index is 389. The van der Waals surface area contributed by atoms with Crippen LogP contribution in [0.1, 0.15) is 29.9 Å². The van der Waals surface area contributed by atoms with Gasteiger partial charge in [0.05, 0.1) is 5.56 Å². The number of halogens is 2. The first-order valence-electron chi connectivity index (χ1n) is 4.11. The van der Waals surface area contributed by atoms with Crippen molar-refractivity contribution in [3.8, 4) is 6.07 Å². The molecule has 0 spiro atoms. The Morgan fingerprint density at radius 3 is 2.46 bits per heavy atom. The minimum atomic E-state index is -0.620. The zero-order chi connectivity index (χ0) is 9.42. The Labute approximate surface area is 74.6 Å². The second kappa shape index (κ2) is 2.81. The van der Waals surface area contributed by atoms with Crippen LogP contribution in [0.5, 0.6) is 0 Å². The molecule has 0 saturated heterocycles. The standard InChI is InChI=1S/C10H7F2N/c11-9-4-8(6-1-2-6)10(12)3-7(9)5-13/h3-4,6H,1-2H2. The molecule has 1 nitrogen and oxygen atoms in total. The van der Waals surface area contributed by atoms with E-state index in [-0.39, 0.29) is 11.5 Å². The highest BCUT2D eigenvalue weighted by Gasteiger charge is 2.27. The second-order valence-electron chi connectivity index (χ2n) is 3.24. The van der Waals surface area contributed by atoms with Crippen LogP contribution in [0.25, 0.3) is 0 Å². The predicted octanol–water partition coefficient (Wildman–Crippen LogP) is 2.71. The van der Waals surface area contributed by atoms with E-state index in [0.717, 1.165) is 25.0 Å². The van der Waals surface area contributed by atoms with Crippen LogP contribution in [0.3, 0.4) is 0 Å². The maximum Gasteiger partial charge on any atom is 0.141 e. The summed E-state index contributed by atoms with van der Waals surface area (Å²) >= 11 is 0. The van der Waals surface area contributed by atoms with E-state index in [1.807, 2.05) is 0 Å². The van der Waals surface area contributed by atoms with Gasteiger partial charge in [-0.3, -0.25) is 0 Å². The van der Waals surface area contributed by atoms with E-state index in [2.05, 4.69) is 0 Å². The van der Waals surface area contributed by atoms with E-state index in [0.29, 0.717) is 5.56 Å². The van der Waals surface area contributed by atoms with Crippen molar-refractivity contribution < 1.29 is 8.78 Å². The molecule has 1 aromatic carbocycles. The molecule has 1 aliphatic rings. The van der Waals surface area contributed by atoms with Crippen molar-refractivity contribution in [1.82, 2.24) is 0 Å². The zero-order valence-electron chi connectivity index (χ0n) is 6.85. The summed E-state index contributed by atoms with van der Waals surface area (Å²) in [6.45, 7) is 0. The van der Waals surface area contributed by atoms with E-state index in [9.17, 15) is 8.78 Å². The van der Waals surface area contributed by atoms with Gasteiger partial charge in [0.15, 0.2) is 0 Å². The van der Waals surface area contributed by atoms with Gasteiger partial charge < -0.3 is 0 Å². The van der Waals surface area contributed by atoms with Crippen LogP contribution in [0, 0.1) is 23.0 Å². The molecule has 0 bridgehead atoms. The van der Waals surface area contributed by atoms with E-state index >= 15 is 0 Å². The molecular formula is C10H7F2N. The molecule has 2 rings (SSSR count). The van der Waals surface area contributed by atoms with Crippen LogP contribution in [0.4, 0.5) is 8.78 Å². The number of nitrogens with zero attached hydrogens (tertiary/aromatic N) is 1. The molecule has 0 radical (unpaired) electrons. The minimum absolute atomic E-state index is 0.169. The fraction of sp³-hybridized carbons (Fsp3) is 0.300. The largest absolute Gasteiger partial charge is 0.207 e. The highest BCUT2D eigenvalue weighted by atomic mass is 19.1. The molecule has 1 saturated carbocycles. The van der Waals surface area contributed by atoms with Crippen LogP contribution in [-0.2, 0) is 0 Å². The maximum atomic E-state index is 13.2. The highest BCUT2D eigenvalue weighted by Crippen LogP contribution is 2.41. The number of hydrogen-bond donors (Lipinski definition) is 0. The summed E-state index contributed by atoms with van der Waals surface area (Å²) in [7, 11) is 0. The van der Waals surface area contributed by atoms with Gasteiger partial charge in [0.2, 0.25) is 0 Å². The van der Waals surface area contributed by atoms with Crippen LogP contribution in [-0.4, -0.2) is 0 Å². The predicted molar refractivity (Wildman–Crippen MR) is 43.0 cm³/mol. The molecule has 0 atom stereocenters.